The average Bonchev–Trinajstić information content (AvgIpc) is 2.64. The second-order valence-corrected chi connectivity index (χ2v) is 4.71. The Morgan fingerprint density at radius 1 is 1.47 bits per heavy atom. The minimum atomic E-state index is 0.0879. The molecule has 0 atom stereocenters. The molecule has 0 unspecified atom stereocenters. The topological polar surface area (TPSA) is 41.1 Å². The van der Waals surface area contributed by atoms with Crippen molar-refractivity contribution in [2.24, 2.45) is 5.41 Å². The SMILES string of the molecule is C=CCNCC(=O)NCC1(C)CCCC1. The number of rotatable bonds is 6. The van der Waals surface area contributed by atoms with Gasteiger partial charge in [0, 0.05) is 13.1 Å². The Morgan fingerprint density at radius 3 is 2.73 bits per heavy atom. The third kappa shape index (κ3) is 4.47. The van der Waals surface area contributed by atoms with E-state index in [1.165, 1.54) is 25.7 Å². The Bertz CT molecular complexity index is 220. The molecular weight excluding hydrogens is 188 g/mol. The zero-order valence-electron chi connectivity index (χ0n) is 9.64. The van der Waals surface area contributed by atoms with Crippen LogP contribution in [0.3, 0.4) is 0 Å². The molecule has 1 aliphatic carbocycles. The number of hydrogen-bond acceptors (Lipinski definition) is 2. The predicted molar refractivity (Wildman–Crippen MR) is 62.7 cm³/mol. The Kier molecular flexibility index (Phi) is 4.82. The van der Waals surface area contributed by atoms with E-state index in [0.717, 1.165) is 6.54 Å². The molecule has 1 aliphatic rings. The van der Waals surface area contributed by atoms with Crippen LogP contribution < -0.4 is 10.6 Å². The molecule has 1 fully saturated rings. The van der Waals surface area contributed by atoms with Crippen molar-refractivity contribution in [3.8, 4) is 0 Å². The first-order valence-corrected chi connectivity index (χ1v) is 5.75. The van der Waals surface area contributed by atoms with Crippen LogP contribution in [0.1, 0.15) is 32.6 Å². The van der Waals surface area contributed by atoms with Gasteiger partial charge in [-0.15, -0.1) is 6.58 Å². The highest BCUT2D eigenvalue weighted by Crippen LogP contribution is 2.36. The molecule has 3 heteroatoms. The molecule has 0 bridgehead atoms. The van der Waals surface area contributed by atoms with Gasteiger partial charge in [-0.3, -0.25) is 4.79 Å². The summed E-state index contributed by atoms with van der Waals surface area (Å²) in [5.41, 5.74) is 0.341. The zero-order chi connectivity index (χ0) is 11.1. The number of hydrogen-bond donors (Lipinski definition) is 2. The summed E-state index contributed by atoms with van der Waals surface area (Å²) in [4.78, 5) is 11.4. The molecule has 0 radical (unpaired) electrons. The Morgan fingerprint density at radius 2 is 2.13 bits per heavy atom. The van der Waals surface area contributed by atoms with Crippen LogP contribution in [0.25, 0.3) is 0 Å². The molecule has 0 saturated heterocycles. The minimum Gasteiger partial charge on any atom is -0.354 e. The first-order valence-electron chi connectivity index (χ1n) is 5.75. The molecule has 0 aromatic heterocycles. The lowest BCUT2D eigenvalue weighted by Crippen LogP contribution is -2.39. The molecule has 15 heavy (non-hydrogen) atoms. The highest BCUT2D eigenvalue weighted by atomic mass is 16.1. The normalized spacial score (nSPS) is 18.7. The van der Waals surface area contributed by atoms with Crippen LogP contribution in [0.5, 0.6) is 0 Å². The third-order valence-electron chi connectivity index (χ3n) is 3.10. The van der Waals surface area contributed by atoms with Crippen molar-refractivity contribution in [3.05, 3.63) is 12.7 Å². The molecule has 1 rings (SSSR count). The van der Waals surface area contributed by atoms with Gasteiger partial charge in [0.2, 0.25) is 5.91 Å². The summed E-state index contributed by atoms with van der Waals surface area (Å²) < 4.78 is 0. The molecule has 1 saturated carbocycles. The zero-order valence-corrected chi connectivity index (χ0v) is 9.64. The summed E-state index contributed by atoms with van der Waals surface area (Å²) >= 11 is 0. The summed E-state index contributed by atoms with van der Waals surface area (Å²) in [6.45, 7) is 7.74. The number of carbonyl (C=O) groups is 1. The molecule has 0 aromatic rings. The van der Waals surface area contributed by atoms with E-state index >= 15 is 0 Å². The Balaban J connectivity index is 2.13. The summed E-state index contributed by atoms with van der Waals surface area (Å²) in [6.07, 6.45) is 6.86. The number of carbonyl (C=O) groups excluding carboxylic acids is 1. The van der Waals surface area contributed by atoms with Gasteiger partial charge in [0.05, 0.1) is 6.54 Å². The first-order chi connectivity index (χ1) is 7.16. The maximum absolute atomic E-state index is 11.4. The van der Waals surface area contributed by atoms with E-state index in [4.69, 9.17) is 0 Å². The van der Waals surface area contributed by atoms with Crippen LogP contribution in [0.4, 0.5) is 0 Å². The highest BCUT2D eigenvalue weighted by molar-refractivity contribution is 5.78. The van der Waals surface area contributed by atoms with E-state index in [2.05, 4.69) is 24.1 Å². The summed E-state index contributed by atoms with van der Waals surface area (Å²) in [7, 11) is 0. The second-order valence-electron chi connectivity index (χ2n) is 4.71. The maximum Gasteiger partial charge on any atom is 0.233 e. The van der Waals surface area contributed by atoms with Gasteiger partial charge in [0.1, 0.15) is 0 Å². The Hall–Kier alpha value is -0.830. The monoisotopic (exact) mass is 210 g/mol. The van der Waals surface area contributed by atoms with Crippen molar-refractivity contribution in [2.75, 3.05) is 19.6 Å². The van der Waals surface area contributed by atoms with Gasteiger partial charge in [-0.1, -0.05) is 25.8 Å². The van der Waals surface area contributed by atoms with Crippen molar-refractivity contribution < 1.29 is 4.79 Å². The van der Waals surface area contributed by atoms with E-state index in [-0.39, 0.29) is 5.91 Å². The van der Waals surface area contributed by atoms with Gasteiger partial charge in [0.25, 0.3) is 0 Å². The Labute approximate surface area is 92.3 Å². The smallest absolute Gasteiger partial charge is 0.233 e. The van der Waals surface area contributed by atoms with Crippen LogP contribution in [0.15, 0.2) is 12.7 Å². The maximum atomic E-state index is 11.4. The quantitative estimate of drug-likeness (QED) is 0.515. The fourth-order valence-electron chi connectivity index (χ4n) is 2.07. The van der Waals surface area contributed by atoms with Crippen molar-refractivity contribution in [3.63, 3.8) is 0 Å². The largest absolute Gasteiger partial charge is 0.354 e. The minimum absolute atomic E-state index is 0.0879. The average molecular weight is 210 g/mol. The summed E-state index contributed by atoms with van der Waals surface area (Å²) in [6, 6.07) is 0. The lowest BCUT2D eigenvalue weighted by atomic mass is 9.89. The molecule has 86 valence electrons. The van der Waals surface area contributed by atoms with E-state index in [0.29, 0.717) is 18.5 Å². The van der Waals surface area contributed by atoms with Crippen LogP contribution in [-0.4, -0.2) is 25.5 Å². The molecule has 0 spiro atoms. The van der Waals surface area contributed by atoms with Gasteiger partial charge in [-0.05, 0) is 18.3 Å². The van der Waals surface area contributed by atoms with E-state index in [9.17, 15) is 4.79 Å². The third-order valence-corrected chi connectivity index (χ3v) is 3.10. The number of amides is 1. The van der Waals surface area contributed by atoms with Crippen LogP contribution in [0.2, 0.25) is 0 Å². The van der Waals surface area contributed by atoms with Crippen molar-refractivity contribution >= 4 is 5.91 Å². The van der Waals surface area contributed by atoms with Gasteiger partial charge in [0.15, 0.2) is 0 Å². The second kappa shape index (κ2) is 5.91. The van der Waals surface area contributed by atoms with E-state index < -0.39 is 0 Å². The van der Waals surface area contributed by atoms with E-state index in [1.54, 1.807) is 6.08 Å². The molecule has 0 heterocycles. The van der Waals surface area contributed by atoms with Crippen LogP contribution in [0, 0.1) is 5.41 Å². The van der Waals surface area contributed by atoms with Gasteiger partial charge >= 0.3 is 0 Å². The first kappa shape index (κ1) is 12.2. The lowest BCUT2D eigenvalue weighted by Gasteiger charge is -2.23. The summed E-state index contributed by atoms with van der Waals surface area (Å²) in [5, 5.41) is 5.98. The molecule has 3 nitrogen and oxygen atoms in total. The highest BCUT2D eigenvalue weighted by Gasteiger charge is 2.28. The van der Waals surface area contributed by atoms with Gasteiger partial charge in [-0.2, -0.15) is 0 Å². The lowest BCUT2D eigenvalue weighted by molar-refractivity contribution is -0.120. The van der Waals surface area contributed by atoms with Gasteiger partial charge in [-0.25, -0.2) is 0 Å². The van der Waals surface area contributed by atoms with Crippen molar-refractivity contribution in [2.45, 2.75) is 32.6 Å². The molecular formula is C12H22N2O. The molecule has 0 aromatic carbocycles. The predicted octanol–water partition coefficient (Wildman–Crippen LogP) is 1.46. The standard InChI is InChI=1S/C12H22N2O/c1-3-8-13-9-11(15)14-10-12(2)6-4-5-7-12/h3,13H,1,4-10H2,2H3,(H,14,15). The number of nitrogens with one attached hydrogen (secondary N) is 2. The van der Waals surface area contributed by atoms with Crippen molar-refractivity contribution in [1.29, 1.82) is 0 Å². The molecule has 1 amide bonds. The fourth-order valence-corrected chi connectivity index (χ4v) is 2.07. The summed E-state index contributed by atoms with van der Waals surface area (Å²) in [5.74, 6) is 0.0879. The van der Waals surface area contributed by atoms with Gasteiger partial charge < -0.3 is 10.6 Å². The molecule has 0 aliphatic heterocycles. The van der Waals surface area contributed by atoms with Crippen LogP contribution in [-0.2, 0) is 4.79 Å². The fraction of sp³-hybridized carbons (Fsp3) is 0.750. The van der Waals surface area contributed by atoms with Crippen molar-refractivity contribution in [1.82, 2.24) is 10.6 Å². The molecule has 2 N–H and O–H groups in total. The van der Waals surface area contributed by atoms with Crippen LogP contribution >= 0.6 is 0 Å². The van der Waals surface area contributed by atoms with E-state index in [1.807, 2.05) is 0 Å².